The minimum absolute atomic E-state index is 0.0610. The molecule has 0 saturated heterocycles. The van der Waals surface area contributed by atoms with E-state index >= 15 is 0 Å². The fraction of sp³-hybridized carbons (Fsp3) is 0.294. The SMILES string of the molecule is CCOc1ncccc1CNC(=O)Cc1ccc(OC(F)F)cc1. The molecule has 5 nitrogen and oxygen atoms in total. The highest BCUT2D eigenvalue weighted by atomic mass is 19.3. The molecule has 0 aliphatic carbocycles. The average Bonchev–Trinajstić information content (AvgIpc) is 2.56. The monoisotopic (exact) mass is 336 g/mol. The van der Waals surface area contributed by atoms with Gasteiger partial charge in [0.05, 0.1) is 13.0 Å². The molecule has 1 aromatic heterocycles. The predicted molar refractivity (Wildman–Crippen MR) is 84.0 cm³/mol. The molecule has 0 saturated carbocycles. The normalized spacial score (nSPS) is 10.5. The molecule has 24 heavy (non-hydrogen) atoms. The molecule has 1 heterocycles. The second kappa shape index (κ2) is 8.81. The number of nitrogens with one attached hydrogen (secondary N) is 1. The molecule has 1 aromatic carbocycles. The second-order valence-corrected chi connectivity index (χ2v) is 4.88. The van der Waals surface area contributed by atoms with Crippen LogP contribution in [0.4, 0.5) is 8.78 Å². The molecule has 1 amide bonds. The number of rotatable bonds is 8. The number of amides is 1. The first-order valence-corrected chi connectivity index (χ1v) is 7.45. The lowest BCUT2D eigenvalue weighted by atomic mass is 10.1. The van der Waals surface area contributed by atoms with Gasteiger partial charge < -0.3 is 14.8 Å². The van der Waals surface area contributed by atoms with Gasteiger partial charge in [0, 0.05) is 18.3 Å². The lowest BCUT2D eigenvalue weighted by Crippen LogP contribution is -2.25. The second-order valence-electron chi connectivity index (χ2n) is 4.88. The van der Waals surface area contributed by atoms with Crippen molar-refractivity contribution in [2.75, 3.05) is 6.61 Å². The largest absolute Gasteiger partial charge is 0.478 e. The van der Waals surface area contributed by atoms with Gasteiger partial charge >= 0.3 is 6.61 Å². The van der Waals surface area contributed by atoms with E-state index in [1.54, 1.807) is 24.4 Å². The minimum Gasteiger partial charge on any atom is -0.478 e. The Morgan fingerprint density at radius 2 is 2.00 bits per heavy atom. The van der Waals surface area contributed by atoms with Crippen LogP contribution in [0.25, 0.3) is 0 Å². The molecule has 1 N–H and O–H groups in total. The van der Waals surface area contributed by atoms with Crippen LogP contribution in [-0.2, 0) is 17.8 Å². The zero-order valence-electron chi connectivity index (χ0n) is 13.2. The summed E-state index contributed by atoms with van der Waals surface area (Å²) < 4.78 is 33.8. The quantitative estimate of drug-likeness (QED) is 0.805. The lowest BCUT2D eigenvalue weighted by Gasteiger charge is -2.10. The number of halogens is 2. The molecule has 7 heteroatoms. The van der Waals surface area contributed by atoms with Crippen LogP contribution in [0.1, 0.15) is 18.1 Å². The van der Waals surface area contributed by atoms with E-state index in [2.05, 4.69) is 15.0 Å². The number of alkyl halides is 2. The Kier molecular flexibility index (Phi) is 6.48. The first-order chi connectivity index (χ1) is 11.6. The topological polar surface area (TPSA) is 60.5 Å². The molecule has 2 aromatic rings. The van der Waals surface area contributed by atoms with Crippen molar-refractivity contribution in [1.29, 1.82) is 0 Å². The van der Waals surface area contributed by atoms with Crippen molar-refractivity contribution in [2.24, 2.45) is 0 Å². The maximum Gasteiger partial charge on any atom is 0.387 e. The van der Waals surface area contributed by atoms with Crippen molar-refractivity contribution < 1.29 is 23.0 Å². The van der Waals surface area contributed by atoms with E-state index in [4.69, 9.17) is 4.74 Å². The number of hydrogen-bond acceptors (Lipinski definition) is 4. The fourth-order valence-electron chi connectivity index (χ4n) is 2.06. The Labute approximate surface area is 138 Å². The van der Waals surface area contributed by atoms with Crippen molar-refractivity contribution >= 4 is 5.91 Å². The van der Waals surface area contributed by atoms with Gasteiger partial charge in [-0.25, -0.2) is 4.98 Å². The van der Waals surface area contributed by atoms with E-state index in [1.807, 2.05) is 13.0 Å². The maximum absolute atomic E-state index is 12.1. The molecule has 0 aliphatic heterocycles. The summed E-state index contributed by atoms with van der Waals surface area (Å²) in [6, 6.07) is 9.56. The van der Waals surface area contributed by atoms with Crippen LogP contribution in [0.5, 0.6) is 11.6 Å². The molecule has 0 radical (unpaired) electrons. The Morgan fingerprint density at radius 1 is 1.25 bits per heavy atom. The van der Waals surface area contributed by atoms with E-state index in [0.29, 0.717) is 24.6 Å². The number of nitrogens with zero attached hydrogens (tertiary/aromatic N) is 1. The molecule has 0 unspecified atom stereocenters. The fourth-order valence-corrected chi connectivity index (χ4v) is 2.06. The Morgan fingerprint density at radius 3 is 2.67 bits per heavy atom. The van der Waals surface area contributed by atoms with Crippen molar-refractivity contribution in [1.82, 2.24) is 10.3 Å². The summed E-state index contributed by atoms with van der Waals surface area (Å²) in [6.45, 7) is -0.212. The number of ether oxygens (including phenoxy) is 2. The zero-order valence-corrected chi connectivity index (χ0v) is 13.2. The molecule has 2 rings (SSSR count). The highest BCUT2D eigenvalue weighted by molar-refractivity contribution is 5.78. The smallest absolute Gasteiger partial charge is 0.387 e. The highest BCUT2D eigenvalue weighted by Crippen LogP contribution is 2.16. The Hall–Kier alpha value is -2.70. The van der Waals surface area contributed by atoms with Gasteiger partial charge in [-0.1, -0.05) is 18.2 Å². The zero-order chi connectivity index (χ0) is 17.4. The number of benzene rings is 1. The molecule has 0 aliphatic rings. The molecule has 0 atom stereocenters. The van der Waals surface area contributed by atoms with Crippen molar-refractivity contribution in [3.8, 4) is 11.6 Å². The molecular weight excluding hydrogens is 318 g/mol. The van der Waals surface area contributed by atoms with Gasteiger partial charge in [-0.2, -0.15) is 8.78 Å². The number of pyridine rings is 1. The van der Waals surface area contributed by atoms with E-state index < -0.39 is 6.61 Å². The maximum atomic E-state index is 12.1. The van der Waals surface area contributed by atoms with Crippen molar-refractivity contribution in [3.63, 3.8) is 0 Å². The summed E-state index contributed by atoms with van der Waals surface area (Å²) in [6.07, 6.45) is 1.76. The van der Waals surface area contributed by atoms with E-state index in [0.717, 1.165) is 5.56 Å². The van der Waals surface area contributed by atoms with Crippen LogP contribution in [0.2, 0.25) is 0 Å². The summed E-state index contributed by atoms with van der Waals surface area (Å²) in [5.41, 5.74) is 1.48. The molecule has 0 spiro atoms. The Balaban J connectivity index is 1.87. The van der Waals surface area contributed by atoms with Crippen LogP contribution >= 0.6 is 0 Å². The standard InChI is InChI=1S/C17H18F2N2O3/c1-2-23-16-13(4-3-9-20-16)11-21-15(22)10-12-5-7-14(8-6-12)24-17(18)19/h3-9,17H,2,10-11H2,1H3,(H,21,22). The summed E-state index contributed by atoms with van der Waals surface area (Å²) in [7, 11) is 0. The van der Waals surface area contributed by atoms with Gasteiger partial charge in [-0.15, -0.1) is 0 Å². The van der Waals surface area contributed by atoms with Gasteiger partial charge in [-0.3, -0.25) is 4.79 Å². The predicted octanol–water partition coefficient (Wildman–Crippen LogP) is 2.94. The van der Waals surface area contributed by atoms with Crippen LogP contribution in [0.3, 0.4) is 0 Å². The molecule has 128 valence electrons. The van der Waals surface area contributed by atoms with Gasteiger partial charge in [0.15, 0.2) is 0 Å². The van der Waals surface area contributed by atoms with E-state index in [9.17, 15) is 13.6 Å². The minimum atomic E-state index is -2.86. The van der Waals surface area contributed by atoms with Gasteiger partial charge in [0.2, 0.25) is 11.8 Å². The third-order valence-corrected chi connectivity index (χ3v) is 3.12. The number of carbonyl (C=O) groups excluding carboxylic acids is 1. The third kappa shape index (κ3) is 5.49. The van der Waals surface area contributed by atoms with Crippen molar-refractivity contribution in [3.05, 3.63) is 53.7 Å². The number of hydrogen-bond donors (Lipinski definition) is 1. The lowest BCUT2D eigenvalue weighted by molar-refractivity contribution is -0.120. The molecule has 0 bridgehead atoms. The number of carbonyl (C=O) groups is 1. The van der Waals surface area contributed by atoms with E-state index in [-0.39, 0.29) is 18.1 Å². The van der Waals surface area contributed by atoms with Crippen LogP contribution in [-0.4, -0.2) is 24.1 Å². The third-order valence-electron chi connectivity index (χ3n) is 3.12. The summed E-state index contributed by atoms with van der Waals surface area (Å²) >= 11 is 0. The summed E-state index contributed by atoms with van der Waals surface area (Å²) in [5, 5.41) is 2.78. The van der Waals surface area contributed by atoms with Crippen molar-refractivity contribution in [2.45, 2.75) is 26.5 Å². The summed E-state index contributed by atoms with van der Waals surface area (Å²) in [4.78, 5) is 16.1. The van der Waals surface area contributed by atoms with E-state index in [1.165, 1.54) is 12.1 Å². The van der Waals surface area contributed by atoms with Gasteiger partial charge in [-0.05, 0) is 30.7 Å². The van der Waals surface area contributed by atoms with Crippen LogP contribution in [0.15, 0.2) is 42.6 Å². The average molecular weight is 336 g/mol. The first-order valence-electron chi connectivity index (χ1n) is 7.45. The molecular formula is C17H18F2N2O3. The van der Waals surface area contributed by atoms with Crippen LogP contribution in [0, 0.1) is 0 Å². The highest BCUT2D eigenvalue weighted by Gasteiger charge is 2.08. The molecule has 0 fully saturated rings. The first kappa shape index (κ1) is 17.7. The van der Waals surface area contributed by atoms with Gasteiger partial charge in [0.25, 0.3) is 0 Å². The Bertz CT molecular complexity index is 663. The number of aromatic nitrogens is 1. The van der Waals surface area contributed by atoms with Gasteiger partial charge in [0.1, 0.15) is 5.75 Å². The summed E-state index contributed by atoms with van der Waals surface area (Å²) in [5.74, 6) is 0.364. The van der Waals surface area contributed by atoms with Crippen LogP contribution < -0.4 is 14.8 Å².